The van der Waals surface area contributed by atoms with Crippen molar-refractivity contribution in [2.45, 2.75) is 58.2 Å². The highest BCUT2D eigenvalue weighted by Crippen LogP contribution is 2.36. The van der Waals surface area contributed by atoms with Crippen molar-refractivity contribution in [3.05, 3.63) is 46.5 Å². The first-order chi connectivity index (χ1) is 12.3. The Labute approximate surface area is 157 Å². The molecule has 2 aromatic rings. The molecule has 26 heavy (non-hydrogen) atoms. The summed E-state index contributed by atoms with van der Waals surface area (Å²) in [5.41, 5.74) is 1.77. The molecule has 1 aromatic carbocycles. The van der Waals surface area contributed by atoms with Crippen molar-refractivity contribution >= 4 is 23.3 Å². The highest BCUT2D eigenvalue weighted by atomic mass is 32.1. The van der Waals surface area contributed by atoms with Gasteiger partial charge in [-0.05, 0) is 57.6 Å². The maximum Gasteiger partial charge on any atom is 0.276 e. The predicted octanol–water partition coefficient (Wildman–Crippen LogP) is 3.11. The van der Waals surface area contributed by atoms with Crippen molar-refractivity contribution in [3.8, 4) is 0 Å². The molecule has 2 amide bonds. The average molecular weight is 372 g/mol. The third-order valence-electron chi connectivity index (χ3n) is 4.14. The van der Waals surface area contributed by atoms with Gasteiger partial charge >= 0.3 is 0 Å². The molecular weight excluding hydrogens is 348 g/mol. The zero-order valence-corrected chi connectivity index (χ0v) is 16.3. The highest BCUT2D eigenvalue weighted by molar-refractivity contribution is 7.03. The monoisotopic (exact) mass is 372 g/mol. The molecule has 7 heteroatoms. The molecule has 1 aromatic heterocycles. The molecule has 1 fully saturated rings. The van der Waals surface area contributed by atoms with E-state index >= 15 is 0 Å². The largest absolute Gasteiger partial charge is 0.349 e. The van der Waals surface area contributed by atoms with Crippen molar-refractivity contribution in [1.29, 1.82) is 0 Å². The Bertz CT molecular complexity index is 794. The zero-order valence-electron chi connectivity index (χ0n) is 15.5. The van der Waals surface area contributed by atoms with Crippen molar-refractivity contribution in [3.63, 3.8) is 0 Å². The van der Waals surface area contributed by atoms with Gasteiger partial charge in [0.25, 0.3) is 5.91 Å². The SMILES string of the molecule is Cc1cccc(C(C(=O)NC(C)(C)C)N(C(=O)c2csnn2)C2CC2)c1. The Balaban J connectivity index is 2.02. The minimum atomic E-state index is -0.684. The maximum atomic E-state index is 13.2. The molecule has 0 saturated heterocycles. The molecular formula is C19H24N4O2S. The van der Waals surface area contributed by atoms with Crippen LogP contribution in [0.25, 0.3) is 0 Å². The van der Waals surface area contributed by atoms with Gasteiger partial charge in [-0.1, -0.05) is 34.3 Å². The summed E-state index contributed by atoms with van der Waals surface area (Å²) in [5.74, 6) is -0.414. The number of hydrogen-bond donors (Lipinski definition) is 1. The van der Waals surface area contributed by atoms with Crippen molar-refractivity contribution < 1.29 is 9.59 Å². The summed E-state index contributed by atoms with van der Waals surface area (Å²) in [6, 6.07) is 7.14. The summed E-state index contributed by atoms with van der Waals surface area (Å²) >= 11 is 1.14. The number of benzene rings is 1. The van der Waals surface area contributed by atoms with Gasteiger partial charge in [0.2, 0.25) is 5.91 Å². The van der Waals surface area contributed by atoms with E-state index in [0.717, 1.165) is 35.5 Å². The van der Waals surface area contributed by atoms with E-state index in [1.807, 2.05) is 52.0 Å². The lowest BCUT2D eigenvalue weighted by atomic mass is 9.99. The van der Waals surface area contributed by atoms with Gasteiger partial charge in [-0.15, -0.1) is 5.10 Å². The number of aryl methyl sites for hydroxylation is 1. The van der Waals surface area contributed by atoms with Crippen LogP contribution in [-0.2, 0) is 4.79 Å². The summed E-state index contributed by atoms with van der Waals surface area (Å²) in [4.78, 5) is 28.0. The number of carbonyl (C=O) groups is 2. The van der Waals surface area contributed by atoms with E-state index in [2.05, 4.69) is 14.9 Å². The Morgan fingerprint density at radius 2 is 2.04 bits per heavy atom. The van der Waals surface area contributed by atoms with Crippen LogP contribution < -0.4 is 5.32 Å². The molecule has 138 valence electrons. The molecule has 1 aliphatic carbocycles. The van der Waals surface area contributed by atoms with Gasteiger partial charge in [0.15, 0.2) is 5.69 Å². The van der Waals surface area contributed by atoms with E-state index in [1.165, 1.54) is 0 Å². The lowest BCUT2D eigenvalue weighted by Crippen LogP contribution is -2.50. The molecule has 3 rings (SSSR count). The van der Waals surface area contributed by atoms with E-state index in [1.54, 1.807) is 10.3 Å². The smallest absolute Gasteiger partial charge is 0.276 e. The van der Waals surface area contributed by atoms with Gasteiger partial charge in [-0.25, -0.2) is 0 Å². The normalized spacial score (nSPS) is 15.4. The second-order valence-corrected chi connectivity index (χ2v) is 8.40. The van der Waals surface area contributed by atoms with Gasteiger partial charge in [0, 0.05) is 17.0 Å². The standard InChI is InChI=1S/C19H24N4O2S/c1-12-6-5-7-13(10-12)16(17(24)20-19(2,3)4)23(14-8-9-14)18(25)15-11-26-22-21-15/h5-7,10-11,14,16H,8-9H2,1-4H3,(H,20,24). The molecule has 1 aliphatic rings. The minimum Gasteiger partial charge on any atom is -0.349 e. The first-order valence-corrected chi connectivity index (χ1v) is 9.58. The molecule has 0 spiro atoms. The van der Waals surface area contributed by atoms with E-state index in [0.29, 0.717) is 5.69 Å². The minimum absolute atomic E-state index is 0.0560. The number of carbonyl (C=O) groups excluding carboxylic acids is 2. The number of rotatable bonds is 5. The molecule has 0 radical (unpaired) electrons. The van der Waals surface area contributed by atoms with Gasteiger partial charge in [0.05, 0.1) is 0 Å². The molecule has 1 atom stereocenters. The fourth-order valence-corrected chi connectivity index (χ4v) is 3.38. The summed E-state index contributed by atoms with van der Waals surface area (Å²) < 4.78 is 3.80. The van der Waals surface area contributed by atoms with Crippen LogP contribution in [0, 0.1) is 6.92 Å². The third-order valence-corrected chi connectivity index (χ3v) is 4.64. The van der Waals surface area contributed by atoms with Crippen LogP contribution in [-0.4, -0.2) is 37.9 Å². The van der Waals surface area contributed by atoms with E-state index in [4.69, 9.17) is 0 Å². The van der Waals surface area contributed by atoms with E-state index in [9.17, 15) is 9.59 Å². The quantitative estimate of drug-likeness (QED) is 0.875. The van der Waals surface area contributed by atoms with Gasteiger partial charge in [-0.3, -0.25) is 9.59 Å². The first-order valence-electron chi connectivity index (χ1n) is 8.74. The fraction of sp³-hybridized carbons (Fsp3) is 0.474. The summed E-state index contributed by atoms with van der Waals surface area (Å²) in [5, 5.41) is 8.59. The van der Waals surface area contributed by atoms with Gasteiger partial charge < -0.3 is 10.2 Å². The second kappa shape index (κ2) is 7.15. The molecule has 6 nitrogen and oxygen atoms in total. The van der Waals surface area contributed by atoms with Gasteiger partial charge in [-0.2, -0.15) is 0 Å². The van der Waals surface area contributed by atoms with Crippen LogP contribution in [0.15, 0.2) is 29.6 Å². The van der Waals surface area contributed by atoms with Crippen molar-refractivity contribution in [1.82, 2.24) is 19.8 Å². The summed E-state index contributed by atoms with van der Waals surface area (Å²) in [6.07, 6.45) is 1.79. The fourth-order valence-electron chi connectivity index (χ4n) is 2.95. The molecule has 1 N–H and O–H groups in total. The lowest BCUT2D eigenvalue weighted by molar-refractivity contribution is -0.127. The van der Waals surface area contributed by atoms with Crippen LogP contribution in [0.3, 0.4) is 0 Å². The first kappa shape index (κ1) is 18.5. The van der Waals surface area contributed by atoms with Crippen LogP contribution in [0.2, 0.25) is 0 Å². The summed E-state index contributed by atoms with van der Waals surface area (Å²) in [6.45, 7) is 7.79. The van der Waals surface area contributed by atoms with Crippen LogP contribution in [0.5, 0.6) is 0 Å². The van der Waals surface area contributed by atoms with Crippen LogP contribution in [0.1, 0.15) is 61.3 Å². The maximum absolute atomic E-state index is 13.2. The number of aromatic nitrogens is 2. The number of nitrogens with zero attached hydrogens (tertiary/aromatic N) is 3. The Hall–Kier alpha value is -2.28. The Morgan fingerprint density at radius 1 is 1.31 bits per heavy atom. The molecule has 0 aliphatic heterocycles. The Morgan fingerprint density at radius 3 is 2.58 bits per heavy atom. The molecule has 0 bridgehead atoms. The van der Waals surface area contributed by atoms with E-state index < -0.39 is 6.04 Å². The molecule has 1 unspecified atom stereocenters. The van der Waals surface area contributed by atoms with Gasteiger partial charge in [0.1, 0.15) is 6.04 Å². The molecule has 1 heterocycles. The van der Waals surface area contributed by atoms with E-state index in [-0.39, 0.29) is 23.4 Å². The average Bonchev–Trinajstić information content (AvgIpc) is 3.22. The second-order valence-electron chi connectivity index (χ2n) is 7.79. The topological polar surface area (TPSA) is 75.2 Å². The van der Waals surface area contributed by atoms with Crippen LogP contribution in [0.4, 0.5) is 0 Å². The zero-order chi connectivity index (χ0) is 18.9. The van der Waals surface area contributed by atoms with Crippen molar-refractivity contribution in [2.24, 2.45) is 0 Å². The Kier molecular flexibility index (Phi) is 5.09. The number of hydrogen-bond acceptors (Lipinski definition) is 5. The highest BCUT2D eigenvalue weighted by Gasteiger charge is 2.43. The predicted molar refractivity (Wildman–Crippen MR) is 101 cm³/mol. The molecule has 1 saturated carbocycles. The van der Waals surface area contributed by atoms with Crippen LogP contribution >= 0.6 is 11.5 Å². The number of nitrogens with one attached hydrogen (secondary N) is 1. The summed E-state index contributed by atoms with van der Waals surface area (Å²) in [7, 11) is 0. The lowest BCUT2D eigenvalue weighted by Gasteiger charge is -2.33. The number of amides is 2. The van der Waals surface area contributed by atoms with Crippen molar-refractivity contribution in [2.75, 3.05) is 0 Å². The third kappa shape index (κ3) is 4.27.